The second kappa shape index (κ2) is 5.77. The van der Waals surface area contributed by atoms with E-state index in [4.69, 9.17) is 0 Å². The van der Waals surface area contributed by atoms with Crippen LogP contribution < -0.4 is 5.32 Å². The fourth-order valence-corrected chi connectivity index (χ4v) is 2.74. The fraction of sp³-hybridized carbons (Fsp3) is 0.647. The molecule has 1 aromatic carbocycles. The van der Waals surface area contributed by atoms with Crippen molar-refractivity contribution in [1.29, 1.82) is 0 Å². The molecule has 1 heterocycles. The van der Waals surface area contributed by atoms with Gasteiger partial charge in [-0.1, -0.05) is 61.3 Å². The maximum absolute atomic E-state index is 3.64. The number of hydrogen-bond donors (Lipinski definition) is 1. The summed E-state index contributed by atoms with van der Waals surface area (Å²) in [6.45, 7) is 11.6. The molecule has 1 aliphatic heterocycles. The van der Waals surface area contributed by atoms with Crippen LogP contribution in [0.2, 0.25) is 0 Å². The average Bonchev–Trinajstić information content (AvgIpc) is 2.15. The van der Waals surface area contributed by atoms with E-state index in [1.807, 2.05) is 0 Å². The van der Waals surface area contributed by atoms with Gasteiger partial charge in [-0.25, -0.2) is 0 Å². The first-order valence-corrected chi connectivity index (χ1v) is 5.73. The van der Waals surface area contributed by atoms with Crippen LogP contribution in [0.4, 0.5) is 5.69 Å². The Labute approximate surface area is 115 Å². The van der Waals surface area contributed by atoms with Gasteiger partial charge < -0.3 is 5.32 Å². The van der Waals surface area contributed by atoms with Gasteiger partial charge in [-0.15, -0.1) is 0 Å². The van der Waals surface area contributed by atoms with E-state index in [0.29, 0.717) is 5.92 Å². The lowest BCUT2D eigenvalue weighted by atomic mass is 9.63. The molecule has 0 aliphatic carbocycles. The third-order valence-corrected chi connectivity index (χ3v) is 4.24. The van der Waals surface area contributed by atoms with E-state index in [1.165, 1.54) is 11.3 Å². The molecule has 0 saturated heterocycles. The summed E-state index contributed by atoms with van der Waals surface area (Å²) in [6.07, 6.45) is 0. The van der Waals surface area contributed by atoms with Crippen LogP contribution in [0.15, 0.2) is 24.3 Å². The van der Waals surface area contributed by atoms with Gasteiger partial charge in [-0.2, -0.15) is 0 Å². The van der Waals surface area contributed by atoms with Crippen LogP contribution in [0.1, 0.15) is 62.5 Å². The number of nitrogens with one attached hydrogen (secondary N) is 1. The molecule has 0 bridgehead atoms. The van der Waals surface area contributed by atoms with Crippen LogP contribution in [0.3, 0.4) is 0 Å². The van der Waals surface area contributed by atoms with E-state index in [2.05, 4.69) is 64.2 Å². The van der Waals surface area contributed by atoms with E-state index in [1.54, 1.807) is 0 Å². The van der Waals surface area contributed by atoms with E-state index in [0.717, 1.165) is 0 Å². The number of anilines is 1. The second-order valence-corrected chi connectivity index (χ2v) is 5.84. The van der Waals surface area contributed by atoms with Gasteiger partial charge in [0.2, 0.25) is 0 Å². The van der Waals surface area contributed by atoms with Crippen LogP contribution in [0.5, 0.6) is 0 Å². The van der Waals surface area contributed by atoms with Crippen molar-refractivity contribution < 1.29 is 0 Å². The molecule has 0 saturated carbocycles. The Morgan fingerprint density at radius 1 is 0.944 bits per heavy atom. The minimum absolute atomic E-state index is 0. The quantitative estimate of drug-likeness (QED) is 0.622. The zero-order valence-corrected chi connectivity index (χ0v) is 10.4. The average molecular weight is 251 g/mol. The summed E-state index contributed by atoms with van der Waals surface area (Å²) in [4.78, 5) is 0. The van der Waals surface area contributed by atoms with Crippen LogP contribution in [-0.4, -0.2) is 5.54 Å². The number of rotatable bonds is 0. The van der Waals surface area contributed by atoms with Gasteiger partial charge in [-0.3, -0.25) is 0 Å². The van der Waals surface area contributed by atoms with E-state index >= 15 is 0 Å². The minimum Gasteiger partial charge on any atom is -0.380 e. The van der Waals surface area contributed by atoms with Crippen molar-refractivity contribution in [2.24, 2.45) is 5.92 Å². The monoisotopic (exact) mass is 251 g/mol. The Balaban J connectivity index is 0. The van der Waals surface area contributed by atoms with Crippen molar-refractivity contribution >= 4 is 5.69 Å². The first-order valence-electron chi connectivity index (χ1n) is 5.73. The smallest absolute Gasteiger partial charge is 0.0382 e. The summed E-state index contributed by atoms with van der Waals surface area (Å²) in [5, 5.41) is 3.64. The first-order chi connectivity index (χ1) is 6.86. The molecule has 0 fully saturated rings. The van der Waals surface area contributed by atoms with Crippen molar-refractivity contribution in [3.63, 3.8) is 0 Å². The molecule has 0 aromatic heterocycles. The number of para-hydroxylation sites is 1. The summed E-state index contributed by atoms with van der Waals surface area (Å²) < 4.78 is 0. The van der Waals surface area contributed by atoms with Crippen molar-refractivity contribution in [1.82, 2.24) is 0 Å². The molecule has 0 spiro atoms. The zero-order valence-electron chi connectivity index (χ0n) is 10.4. The molecule has 1 N–H and O–H groups in total. The molecule has 1 heteroatoms. The third-order valence-electron chi connectivity index (χ3n) is 4.24. The standard InChI is InChI=1S/C14H21N.3CH4/c1-10-13(2,3)11-8-6-7-9-12(11)15-14(10,4)5;;;/h6-10,15H,1-5H3;3*1H4. The highest BCUT2D eigenvalue weighted by Gasteiger charge is 2.43. The van der Waals surface area contributed by atoms with Gasteiger partial charge in [0.15, 0.2) is 0 Å². The van der Waals surface area contributed by atoms with Gasteiger partial charge in [0, 0.05) is 11.2 Å². The van der Waals surface area contributed by atoms with E-state index < -0.39 is 0 Å². The summed E-state index contributed by atoms with van der Waals surface area (Å²) in [5.41, 5.74) is 3.14. The third kappa shape index (κ3) is 2.71. The van der Waals surface area contributed by atoms with E-state index in [9.17, 15) is 0 Å². The minimum atomic E-state index is 0. The second-order valence-electron chi connectivity index (χ2n) is 5.84. The highest BCUT2D eigenvalue weighted by Crippen LogP contribution is 2.46. The Morgan fingerprint density at radius 2 is 1.44 bits per heavy atom. The van der Waals surface area contributed by atoms with Crippen LogP contribution in [0.25, 0.3) is 0 Å². The molecule has 0 amide bonds. The highest BCUT2D eigenvalue weighted by atomic mass is 15.0. The van der Waals surface area contributed by atoms with Gasteiger partial charge in [0.1, 0.15) is 0 Å². The molecule has 1 atom stereocenters. The van der Waals surface area contributed by atoms with Gasteiger partial charge in [0.05, 0.1) is 0 Å². The predicted octanol–water partition coefficient (Wildman–Crippen LogP) is 5.71. The summed E-state index contributed by atoms with van der Waals surface area (Å²) in [5.74, 6) is 0.611. The lowest BCUT2D eigenvalue weighted by Gasteiger charge is -2.49. The molecular weight excluding hydrogens is 218 g/mol. The highest BCUT2D eigenvalue weighted by molar-refractivity contribution is 5.59. The number of benzene rings is 1. The molecule has 1 unspecified atom stereocenters. The fourth-order valence-electron chi connectivity index (χ4n) is 2.74. The SMILES string of the molecule is C.C.C.CC1C(C)(C)Nc2ccccc2C1(C)C. The van der Waals surface area contributed by atoms with Crippen molar-refractivity contribution in [2.75, 3.05) is 5.32 Å². The van der Waals surface area contributed by atoms with Crippen molar-refractivity contribution in [3.05, 3.63) is 29.8 Å². The Bertz CT molecular complexity index is 377. The Morgan fingerprint density at radius 3 is 2.00 bits per heavy atom. The molecule has 1 nitrogen and oxygen atoms in total. The summed E-state index contributed by atoms with van der Waals surface area (Å²) >= 11 is 0. The van der Waals surface area contributed by atoms with Gasteiger partial charge in [0.25, 0.3) is 0 Å². The number of hydrogen-bond acceptors (Lipinski definition) is 1. The zero-order chi connectivity index (χ0) is 11.3. The largest absolute Gasteiger partial charge is 0.380 e. The molecule has 18 heavy (non-hydrogen) atoms. The molecular formula is C17H33N. The van der Waals surface area contributed by atoms with E-state index in [-0.39, 0.29) is 33.2 Å². The summed E-state index contributed by atoms with van der Waals surface area (Å²) in [7, 11) is 0. The van der Waals surface area contributed by atoms with Crippen LogP contribution in [-0.2, 0) is 5.41 Å². The van der Waals surface area contributed by atoms with Crippen molar-refractivity contribution in [3.8, 4) is 0 Å². The maximum Gasteiger partial charge on any atom is 0.0382 e. The molecule has 1 aromatic rings. The molecule has 1 aliphatic rings. The van der Waals surface area contributed by atoms with Crippen LogP contribution in [0, 0.1) is 5.92 Å². The molecule has 106 valence electrons. The maximum atomic E-state index is 3.64. The molecule has 0 radical (unpaired) electrons. The lowest BCUT2D eigenvalue weighted by Crippen LogP contribution is -2.51. The van der Waals surface area contributed by atoms with Crippen molar-refractivity contribution in [2.45, 2.75) is 67.9 Å². The first kappa shape index (κ1) is 19.4. The topological polar surface area (TPSA) is 12.0 Å². The Kier molecular flexibility index (Phi) is 6.21. The summed E-state index contributed by atoms with van der Waals surface area (Å²) in [6, 6.07) is 8.67. The normalized spacial score (nSPS) is 22.2. The Hall–Kier alpha value is -0.980. The predicted molar refractivity (Wildman–Crippen MR) is 86.5 cm³/mol. The lowest BCUT2D eigenvalue weighted by molar-refractivity contribution is 0.230. The van der Waals surface area contributed by atoms with Gasteiger partial charge in [-0.05, 0) is 36.8 Å². The number of fused-ring (bicyclic) bond motifs is 1. The molecule has 2 rings (SSSR count). The van der Waals surface area contributed by atoms with Crippen LogP contribution >= 0.6 is 0 Å². The van der Waals surface area contributed by atoms with Gasteiger partial charge >= 0.3 is 0 Å².